The molecule has 3 heteroatoms. The molecule has 0 aliphatic carbocycles. The molecule has 0 saturated heterocycles. The molecule has 0 saturated carbocycles. The van der Waals surface area contributed by atoms with Gasteiger partial charge in [0.15, 0.2) is 0 Å². The lowest BCUT2D eigenvalue weighted by Crippen LogP contribution is -2.23. The van der Waals surface area contributed by atoms with E-state index in [9.17, 15) is 5.11 Å². The first-order valence-electron chi connectivity index (χ1n) is 6.36. The largest absolute Gasteiger partial charge is 0.388 e. The maximum Gasteiger partial charge on any atom is 0.0791 e. The standard InChI is InChI=1S/C15H25NO2/c1-15(2,18-5)11-10-14(17)12-6-8-13(9-7-12)16(3)4/h6-9,14,17H,10-11H2,1-5H3. The van der Waals surface area contributed by atoms with Gasteiger partial charge in [-0.3, -0.25) is 0 Å². The summed E-state index contributed by atoms with van der Waals surface area (Å²) in [6.45, 7) is 4.07. The molecule has 0 aliphatic rings. The van der Waals surface area contributed by atoms with E-state index in [1.165, 1.54) is 0 Å². The van der Waals surface area contributed by atoms with Crippen LogP contribution in [0.4, 0.5) is 5.69 Å². The van der Waals surface area contributed by atoms with E-state index in [-0.39, 0.29) is 5.60 Å². The molecule has 0 aliphatic heterocycles. The van der Waals surface area contributed by atoms with E-state index in [1.54, 1.807) is 7.11 Å². The fraction of sp³-hybridized carbons (Fsp3) is 0.600. The monoisotopic (exact) mass is 251 g/mol. The molecule has 1 atom stereocenters. The molecule has 102 valence electrons. The Morgan fingerprint density at radius 2 is 1.78 bits per heavy atom. The van der Waals surface area contributed by atoms with E-state index in [4.69, 9.17) is 4.74 Å². The van der Waals surface area contributed by atoms with Gasteiger partial charge in [-0.05, 0) is 44.4 Å². The van der Waals surface area contributed by atoms with E-state index in [0.29, 0.717) is 6.42 Å². The lowest BCUT2D eigenvalue weighted by atomic mass is 9.96. The van der Waals surface area contributed by atoms with Gasteiger partial charge in [-0.1, -0.05) is 12.1 Å². The van der Waals surface area contributed by atoms with Gasteiger partial charge in [0.2, 0.25) is 0 Å². The highest BCUT2D eigenvalue weighted by Crippen LogP contribution is 2.25. The van der Waals surface area contributed by atoms with Gasteiger partial charge in [0.05, 0.1) is 11.7 Å². The summed E-state index contributed by atoms with van der Waals surface area (Å²) < 4.78 is 5.36. The van der Waals surface area contributed by atoms with Crippen LogP contribution in [0.5, 0.6) is 0 Å². The molecule has 0 amide bonds. The van der Waals surface area contributed by atoms with Crippen molar-refractivity contribution in [1.29, 1.82) is 0 Å². The molecule has 18 heavy (non-hydrogen) atoms. The molecule has 0 heterocycles. The van der Waals surface area contributed by atoms with Crippen molar-refractivity contribution in [3.63, 3.8) is 0 Å². The Hall–Kier alpha value is -1.06. The van der Waals surface area contributed by atoms with Crippen molar-refractivity contribution < 1.29 is 9.84 Å². The number of nitrogens with zero attached hydrogens (tertiary/aromatic N) is 1. The second-order valence-corrected chi connectivity index (χ2v) is 5.50. The SMILES string of the molecule is COC(C)(C)CCC(O)c1ccc(N(C)C)cc1. The van der Waals surface area contributed by atoms with Crippen molar-refractivity contribution in [3.8, 4) is 0 Å². The lowest BCUT2D eigenvalue weighted by Gasteiger charge is -2.24. The maximum absolute atomic E-state index is 10.1. The summed E-state index contributed by atoms with van der Waals surface area (Å²) >= 11 is 0. The van der Waals surface area contributed by atoms with Crippen LogP contribution >= 0.6 is 0 Å². The van der Waals surface area contributed by atoms with Crippen LogP contribution in [0.25, 0.3) is 0 Å². The summed E-state index contributed by atoms with van der Waals surface area (Å²) in [5.41, 5.74) is 1.93. The zero-order valence-corrected chi connectivity index (χ0v) is 12.1. The molecule has 0 spiro atoms. The quantitative estimate of drug-likeness (QED) is 0.843. The highest BCUT2D eigenvalue weighted by Gasteiger charge is 2.18. The van der Waals surface area contributed by atoms with Crippen LogP contribution < -0.4 is 4.90 Å². The van der Waals surface area contributed by atoms with Crippen molar-refractivity contribution in [2.24, 2.45) is 0 Å². The van der Waals surface area contributed by atoms with Crippen LogP contribution in [0.15, 0.2) is 24.3 Å². The number of hydrogen-bond donors (Lipinski definition) is 1. The number of hydrogen-bond acceptors (Lipinski definition) is 3. The molecule has 0 bridgehead atoms. The minimum atomic E-state index is -0.421. The van der Waals surface area contributed by atoms with Crippen LogP contribution in [-0.2, 0) is 4.74 Å². The molecule has 1 unspecified atom stereocenters. The van der Waals surface area contributed by atoms with Gasteiger partial charge in [-0.2, -0.15) is 0 Å². The minimum absolute atomic E-state index is 0.176. The number of rotatable bonds is 6. The number of aliphatic hydroxyl groups is 1. The average Bonchev–Trinajstić information content (AvgIpc) is 2.36. The highest BCUT2D eigenvalue weighted by molar-refractivity contribution is 5.46. The van der Waals surface area contributed by atoms with Crippen LogP contribution in [0, 0.1) is 0 Å². The zero-order valence-electron chi connectivity index (χ0n) is 12.1. The van der Waals surface area contributed by atoms with Crippen LogP contribution in [0.1, 0.15) is 38.4 Å². The summed E-state index contributed by atoms with van der Waals surface area (Å²) in [6.07, 6.45) is 1.12. The number of anilines is 1. The Labute approximate surface area is 110 Å². The first kappa shape index (κ1) is 15.0. The number of benzene rings is 1. The van der Waals surface area contributed by atoms with Crippen LogP contribution in [-0.4, -0.2) is 31.9 Å². The van der Waals surface area contributed by atoms with Crippen molar-refractivity contribution in [3.05, 3.63) is 29.8 Å². The number of ether oxygens (including phenoxy) is 1. The van der Waals surface area contributed by atoms with E-state index < -0.39 is 6.10 Å². The Kier molecular flexibility index (Phi) is 5.17. The van der Waals surface area contributed by atoms with E-state index in [0.717, 1.165) is 17.7 Å². The molecule has 1 rings (SSSR count). The third kappa shape index (κ3) is 4.31. The summed E-state index contributed by atoms with van der Waals surface area (Å²) in [4.78, 5) is 2.05. The molecule has 1 aromatic rings. The van der Waals surface area contributed by atoms with E-state index in [1.807, 2.05) is 57.1 Å². The van der Waals surface area contributed by atoms with Gasteiger partial charge in [0, 0.05) is 26.9 Å². The Morgan fingerprint density at radius 3 is 2.22 bits per heavy atom. The molecule has 3 nitrogen and oxygen atoms in total. The molecule has 1 aromatic carbocycles. The molecule has 0 fully saturated rings. The molecule has 1 N–H and O–H groups in total. The van der Waals surface area contributed by atoms with Gasteiger partial charge in [0.25, 0.3) is 0 Å². The summed E-state index contributed by atoms with van der Waals surface area (Å²) in [6, 6.07) is 8.03. The van der Waals surface area contributed by atoms with Crippen molar-refractivity contribution >= 4 is 5.69 Å². The van der Waals surface area contributed by atoms with E-state index >= 15 is 0 Å². The highest BCUT2D eigenvalue weighted by atomic mass is 16.5. The topological polar surface area (TPSA) is 32.7 Å². The molecule has 0 aromatic heterocycles. The van der Waals surface area contributed by atoms with Gasteiger partial charge in [-0.15, -0.1) is 0 Å². The first-order valence-corrected chi connectivity index (χ1v) is 6.36. The fourth-order valence-corrected chi connectivity index (χ4v) is 1.75. The average molecular weight is 251 g/mol. The zero-order chi connectivity index (χ0) is 13.8. The first-order chi connectivity index (χ1) is 8.35. The second kappa shape index (κ2) is 6.21. The molecular formula is C15H25NO2. The van der Waals surface area contributed by atoms with Crippen molar-refractivity contribution in [2.75, 3.05) is 26.1 Å². The van der Waals surface area contributed by atoms with Gasteiger partial charge < -0.3 is 14.7 Å². The van der Waals surface area contributed by atoms with Crippen molar-refractivity contribution in [2.45, 2.75) is 38.4 Å². The smallest absolute Gasteiger partial charge is 0.0791 e. The Balaban J connectivity index is 2.59. The third-order valence-electron chi connectivity index (χ3n) is 3.37. The molecule has 0 radical (unpaired) electrons. The number of methoxy groups -OCH3 is 1. The van der Waals surface area contributed by atoms with Crippen molar-refractivity contribution in [1.82, 2.24) is 0 Å². The second-order valence-electron chi connectivity index (χ2n) is 5.50. The normalized spacial score (nSPS) is 13.4. The van der Waals surface area contributed by atoms with Gasteiger partial charge in [0.1, 0.15) is 0 Å². The van der Waals surface area contributed by atoms with Crippen LogP contribution in [0.3, 0.4) is 0 Å². The summed E-state index contributed by atoms with van der Waals surface area (Å²) in [5.74, 6) is 0. The minimum Gasteiger partial charge on any atom is -0.388 e. The lowest BCUT2D eigenvalue weighted by molar-refractivity contribution is 0.00279. The maximum atomic E-state index is 10.1. The number of aliphatic hydroxyl groups excluding tert-OH is 1. The fourth-order valence-electron chi connectivity index (χ4n) is 1.75. The van der Waals surface area contributed by atoms with Gasteiger partial charge in [-0.25, -0.2) is 0 Å². The van der Waals surface area contributed by atoms with E-state index in [2.05, 4.69) is 0 Å². The third-order valence-corrected chi connectivity index (χ3v) is 3.37. The Bertz CT molecular complexity index is 357. The predicted octanol–water partition coefficient (Wildman–Crippen LogP) is 2.99. The predicted molar refractivity (Wildman–Crippen MR) is 76.1 cm³/mol. The van der Waals surface area contributed by atoms with Crippen LogP contribution in [0.2, 0.25) is 0 Å². The van der Waals surface area contributed by atoms with Gasteiger partial charge >= 0.3 is 0 Å². The Morgan fingerprint density at radius 1 is 1.22 bits per heavy atom. The summed E-state index contributed by atoms with van der Waals surface area (Å²) in [7, 11) is 5.72. The molecular weight excluding hydrogens is 226 g/mol. The summed E-state index contributed by atoms with van der Waals surface area (Å²) in [5, 5.41) is 10.1.